The molecule has 0 fully saturated rings. The average Bonchev–Trinajstić information content (AvgIpc) is 2.38. The van der Waals surface area contributed by atoms with Gasteiger partial charge < -0.3 is 4.74 Å². The van der Waals surface area contributed by atoms with E-state index < -0.39 is 17.1 Å². The Morgan fingerprint density at radius 2 is 2.05 bits per heavy atom. The standard InChI is InChI=1S/C16H23N3O2S/c1-7-22-12-8-11(16(5,6)10-17)9-18-13(12)19-14(20)21-15(2,3)4/h8-9H,7H2,1-6H3,(H,18,19,20). The molecule has 0 aliphatic heterocycles. The Hall–Kier alpha value is -1.74. The Morgan fingerprint density at radius 1 is 1.41 bits per heavy atom. The van der Waals surface area contributed by atoms with Crippen LogP contribution in [0.4, 0.5) is 10.6 Å². The van der Waals surface area contributed by atoms with Crippen LogP contribution in [0.15, 0.2) is 17.2 Å². The molecule has 1 amide bonds. The van der Waals surface area contributed by atoms with Crippen LogP contribution < -0.4 is 5.32 Å². The lowest BCUT2D eigenvalue weighted by Gasteiger charge is -2.21. The molecule has 1 heterocycles. The summed E-state index contributed by atoms with van der Waals surface area (Å²) in [6.45, 7) is 11.1. The van der Waals surface area contributed by atoms with Crippen LogP contribution in [0.3, 0.4) is 0 Å². The number of hydrogen-bond acceptors (Lipinski definition) is 5. The monoisotopic (exact) mass is 321 g/mol. The predicted molar refractivity (Wildman–Crippen MR) is 89.1 cm³/mol. The molecule has 1 aromatic heterocycles. The fourth-order valence-corrected chi connectivity index (χ4v) is 2.37. The zero-order valence-electron chi connectivity index (χ0n) is 14.0. The molecule has 0 unspecified atom stereocenters. The van der Waals surface area contributed by atoms with Gasteiger partial charge in [-0.3, -0.25) is 5.32 Å². The van der Waals surface area contributed by atoms with Gasteiger partial charge in [-0.2, -0.15) is 5.26 Å². The third-order valence-electron chi connectivity index (χ3n) is 2.77. The molecule has 0 aliphatic rings. The number of amides is 1. The van der Waals surface area contributed by atoms with Gasteiger partial charge in [-0.05, 0) is 52.0 Å². The first-order chi connectivity index (χ1) is 10.1. The second-order valence-electron chi connectivity index (χ2n) is 6.37. The van der Waals surface area contributed by atoms with Gasteiger partial charge in [-0.1, -0.05) is 6.92 Å². The molecule has 0 saturated heterocycles. The van der Waals surface area contributed by atoms with E-state index in [0.717, 1.165) is 16.2 Å². The maximum Gasteiger partial charge on any atom is 0.413 e. The van der Waals surface area contributed by atoms with E-state index in [2.05, 4.69) is 16.4 Å². The van der Waals surface area contributed by atoms with Crippen LogP contribution in [0.5, 0.6) is 0 Å². The van der Waals surface area contributed by atoms with Gasteiger partial charge in [0.15, 0.2) is 0 Å². The van der Waals surface area contributed by atoms with E-state index >= 15 is 0 Å². The first-order valence-corrected chi connectivity index (χ1v) is 8.12. The molecule has 1 N–H and O–H groups in total. The predicted octanol–water partition coefficient (Wildman–Crippen LogP) is 4.34. The minimum absolute atomic E-state index is 0.457. The number of nitrogens with one attached hydrogen (secondary N) is 1. The van der Waals surface area contributed by atoms with Crippen LogP contribution in [-0.2, 0) is 10.2 Å². The summed E-state index contributed by atoms with van der Waals surface area (Å²) in [7, 11) is 0. The first kappa shape index (κ1) is 18.3. The fraction of sp³-hybridized carbons (Fsp3) is 0.562. The second-order valence-corrected chi connectivity index (χ2v) is 7.67. The number of carbonyl (C=O) groups is 1. The van der Waals surface area contributed by atoms with E-state index in [-0.39, 0.29) is 0 Å². The number of hydrogen-bond donors (Lipinski definition) is 1. The van der Waals surface area contributed by atoms with Gasteiger partial charge in [0.1, 0.15) is 11.4 Å². The van der Waals surface area contributed by atoms with Crippen molar-refractivity contribution < 1.29 is 9.53 Å². The Kier molecular flexibility index (Phi) is 5.84. The zero-order chi connectivity index (χ0) is 17.0. The highest BCUT2D eigenvalue weighted by Gasteiger charge is 2.23. The summed E-state index contributed by atoms with van der Waals surface area (Å²) in [5, 5.41) is 11.9. The molecule has 1 aromatic rings. The molecule has 120 valence electrons. The average molecular weight is 321 g/mol. The van der Waals surface area contributed by atoms with E-state index in [9.17, 15) is 10.1 Å². The number of nitriles is 1. The number of aromatic nitrogens is 1. The van der Waals surface area contributed by atoms with Crippen molar-refractivity contribution in [2.45, 2.75) is 57.5 Å². The van der Waals surface area contributed by atoms with Crippen LogP contribution in [0.1, 0.15) is 47.1 Å². The number of anilines is 1. The number of ether oxygens (including phenoxy) is 1. The van der Waals surface area contributed by atoms with Gasteiger partial charge in [0.25, 0.3) is 0 Å². The molecule has 0 spiro atoms. The van der Waals surface area contributed by atoms with Crippen molar-refractivity contribution in [1.29, 1.82) is 5.26 Å². The molecule has 0 bridgehead atoms. The van der Waals surface area contributed by atoms with Crippen LogP contribution in [0, 0.1) is 11.3 Å². The number of thioether (sulfide) groups is 1. The summed E-state index contributed by atoms with van der Waals surface area (Å²) >= 11 is 1.56. The fourth-order valence-electron chi connectivity index (χ4n) is 1.61. The zero-order valence-corrected chi connectivity index (χ0v) is 14.8. The Bertz CT molecular complexity index is 586. The van der Waals surface area contributed by atoms with E-state index in [4.69, 9.17) is 4.74 Å². The molecule has 1 rings (SSSR count). The van der Waals surface area contributed by atoms with Crippen molar-refractivity contribution in [3.63, 3.8) is 0 Å². The van der Waals surface area contributed by atoms with Gasteiger partial charge >= 0.3 is 6.09 Å². The molecule has 5 nitrogen and oxygen atoms in total. The van der Waals surface area contributed by atoms with Crippen molar-refractivity contribution in [2.75, 3.05) is 11.1 Å². The van der Waals surface area contributed by atoms with Crippen molar-refractivity contribution in [3.05, 3.63) is 17.8 Å². The highest BCUT2D eigenvalue weighted by Crippen LogP contribution is 2.31. The van der Waals surface area contributed by atoms with Gasteiger partial charge in [-0.15, -0.1) is 11.8 Å². The van der Waals surface area contributed by atoms with E-state index in [0.29, 0.717) is 5.82 Å². The smallest absolute Gasteiger partial charge is 0.413 e. The number of pyridine rings is 1. The summed E-state index contributed by atoms with van der Waals surface area (Å²) < 4.78 is 5.24. The van der Waals surface area contributed by atoms with Gasteiger partial charge in [0, 0.05) is 6.20 Å². The summed E-state index contributed by atoms with van der Waals surface area (Å²) in [5.41, 5.74) is -0.369. The minimum Gasteiger partial charge on any atom is -0.444 e. The van der Waals surface area contributed by atoms with E-state index in [1.54, 1.807) is 38.7 Å². The Morgan fingerprint density at radius 3 is 2.55 bits per heavy atom. The summed E-state index contributed by atoms with van der Waals surface area (Å²) in [6, 6.07) is 4.16. The maximum absolute atomic E-state index is 11.9. The first-order valence-electron chi connectivity index (χ1n) is 7.13. The van der Waals surface area contributed by atoms with Gasteiger partial charge in [-0.25, -0.2) is 9.78 Å². The minimum atomic E-state index is -0.625. The lowest BCUT2D eigenvalue weighted by Crippen LogP contribution is -2.27. The Labute approximate surface area is 136 Å². The molecule has 0 radical (unpaired) electrons. The molecule has 0 saturated carbocycles. The Balaban J connectivity index is 3.06. The highest BCUT2D eigenvalue weighted by atomic mass is 32.2. The molecule has 0 aromatic carbocycles. The number of rotatable bonds is 4. The van der Waals surface area contributed by atoms with Gasteiger partial charge in [0.2, 0.25) is 0 Å². The number of carbonyl (C=O) groups excluding carboxylic acids is 1. The van der Waals surface area contributed by atoms with Gasteiger partial charge in [0.05, 0.1) is 16.4 Å². The van der Waals surface area contributed by atoms with E-state index in [1.807, 2.05) is 26.8 Å². The van der Waals surface area contributed by atoms with Crippen LogP contribution in [-0.4, -0.2) is 22.4 Å². The highest BCUT2D eigenvalue weighted by molar-refractivity contribution is 7.99. The van der Waals surface area contributed by atoms with Crippen molar-refractivity contribution in [3.8, 4) is 6.07 Å². The largest absolute Gasteiger partial charge is 0.444 e. The quantitative estimate of drug-likeness (QED) is 0.835. The van der Waals surface area contributed by atoms with Crippen LogP contribution in [0.25, 0.3) is 0 Å². The summed E-state index contributed by atoms with van der Waals surface area (Å²) in [4.78, 5) is 17.0. The molecular formula is C16H23N3O2S. The lowest BCUT2D eigenvalue weighted by molar-refractivity contribution is 0.0635. The molecule has 22 heavy (non-hydrogen) atoms. The molecule has 0 aliphatic carbocycles. The SMILES string of the molecule is CCSc1cc(C(C)(C)C#N)cnc1NC(=O)OC(C)(C)C. The normalized spacial score (nSPS) is 11.7. The summed E-state index contributed by atoms with van der Waals surface area (Å²) in [6.07, 6.45) is 1.08. The molecular weight excluding hydrogens is 298 g/mol. The van der Waals surface area contributed by atoms with Crippen molar-refractivity contribution in [1.82, 2.24) is 4.98 Å². The van der Waals surface area contributed by atoms with Crippen molar-refractivity contribution >= 4 is 23.7 Å². The lowest BCUT2D eigenvalue weighted by atomic mass is 9.88. The molecule has 6 heteroatoms. The topological polar surface area (TPSA) is 75.0 Å². The maximum atomic E-state index is 11.9. The number of nitrogens with zero attached hydrogens (tertiary/aromatic N) is 2. The third kappa shape index (κ3) is 5.23. The van der Waals surface area contributed by atoms with Crippen LogP contribution >= 0.6 is 11.8 Å². The molecule has 0 atom stereocenters. The van der Waals surface area contributed by atoms with Crippen molar-refractivity contribution in [2.24, 2.45) is 0 Å². The third-order valence-corrected chi connectivity index (χ3v) is 3.68. The second kappa shape index (κ2) is 7.01. The van der Waals surface area contributed by atoms with E-state index in [1.165, 1.54) is 0 Å². The summed E-state index contributed by atoms with van der Waals surface area (Å²) in [5.74, 6) is 1.29. The van der Waals surface area contributed by atoms with Crippen LogP contribution in [0.2, 0.25) is 0 Å².